The summed E-state index contributed by atoms with van der Waals surface area (Å²) in [5.74, 6) is 1.98. The van der Waals surface area contributed by atoms with Crippen molar-refractivity contribution in [2.45, 2.75) is 39.2 Å². The molecular weight excluding hydrogens is 412 g/mol. The van der Waals surface area contributed by atoms with E-state index in [0.717, 1.165) is 45.0 Å². The van der Waals surface area contributed by atoms with Crippen molar-refractivity contribution in [2.75, 3.05) is 52.9 Å². The molecule has 2 aliphatic heterocycles. The van der Waals surface area contributed by atoms with Crippen LogP contribution in [0.3, 0.4) is 0 Å². The van der Waals surface area contributed by atoms with Crippen molar-refractivity contribution in [3.63, 3.8) is 0 Å². The lowest BCUT2D eigenvalue weighted by Crippen LogP contribution is -2.43. The molecule has 2 saturated heterocycles. The first-order valence-corrected chi connectivity index (χ1v) is 12.5. The number of hydrogen-bond acceptors (Lipinski definition) is 4. The number of carbonyl (C=O) groups is 1. The summed E-state index contributed by atoms with van der Waals surface area (Å²) in [5.41, 5.74) is 2.55. The second-order valence-corrected chi connectivity index (χ2v) is 10.0. The number of carbonyl (C=O) groups excluding carboxylic acids is 1. The van der Waals surface area contributed by atoms with Gasteiger partial charge in [0.15, 0.2) is 0 Å². The van der Waals surface area contributed by atoms with E-state index in [1.807, 2.05) is 26.1 Å². The molecule has 2 aliphatic rings. The zero-order valence-electron chi connectivity index (χ0n) is 20.5. The van der Waals surface area contributed by atoms with Crippen LogP contribution >= 0.6 is 0 Å². The highest BCUT2D eigenvalue weighted by molar-refractivity contribution is 5.78. The van der Waals surface area contributed by atoms with E-state index in [1.54, 1.807) is 7.11 Å². The van der Waals surface area contributed by atoms with Gasteiger partial charge in [-0.15, -0.1) is 0 Å². The van der Waals surface area contributed by atoms with Gasteiger partial charge in [-0.05, 0) is 61.7 Å². The normalized spacial score (nSPS) is 21.7. The Morgan fingerprint density at radius 2 is 1.97 bits per heavy atom. The first-order valence-electron chi connectivity index (χ1n) is 12.5. The Hall–Kier alpha value is -2.31. The third kappa shape index (κ3) is 6.18. The summed E-state index contributed by atoms with van der Waals surface area (Å²) in [7, 11) is 1.73. The largest absolute Gasteiger partial charge is 0.497 e. The fourth-order valence-electron chi connectivity index (χ4n) is 5.44. The van der Waals surface area contributed by atoms with Crippen molar-refractivity contribution in [1.29, 1.82) is 0 Å². The van der Waals surface area contributed by atoms with Crippen LogP contribution in [0.2, 0.25) is 0 Å². The van der Waals surface area contributed by atoms with E-state index in [2.05, 4.69) is 50.0 Å². The molecule has 1 N–H and O–H groups in total. The van der Waals surface area contributed by atoms with Crippen LogP contribution < -0.4 is 4.74 Å². The van der Waals surface area contributed by atoms with Gasteiger partial charge in [0.25, 0.3) is 0 Å². The van der Waals surface area contributed by atoms with E-state index in [-0.39, 0.29) is 11.8 Å². The number of amides is 1. The molecule has 0 spiro atoms. The first kappa shape index (κ1) is 23.8. The van der Waals surface area contributed by atoms with E-state index in [0.29, 0.717) is 11.8 Å². The van der Waals surface area contributed by atoms with Crippen LogP contribution in [-0.4, -0.2) is 78.5 Å². The lowest BCUT2D eigenvalue weighted by atomic mass is 9.88. The minimum atomic E-state index is 0.0234. The zero-order valence-corrected chi connectivity index (χ0v) is 20.5. The van der Waals surface area contributed by atoms with Crippen LogP contribution in [0.4, 0.5) is 0 Å². The fraction of sp³-hybridized carbons (Fsp3) is 0.593. The summed E-state index contributed by atoms with van der Waals surface area (Å²) < 4.78 is 5.52. The molecule has 6 heteroatoms. The van der Waals surface area contributed by atoms with Crippen LogP contribution in [0.5, 0.6) is 5.75 Å². The zero-order chi connectivity index (χ0) is 23.2. The molecule has 0 bridgehead atoms. The van der Waals surface area contributed by atoms with Gasteiger partial charge in [-0.1, -0.05) is 26.0 Å². The SMILES string of the molecule is COc1cccc([C@@H]2CN(Cc3ccc[nH]3)C[C@H]2CN(CCN2CCCC2)C(=O)C(C)C)c1. The van der Waals surface area contributed by atoms with Gasteiger partial charge >= 0.3 is 0 Å². The van der Waals surface area contributed by atoms with Gasteiger partial charge in [0.05, 0.1) is 7.11 Å². The molecule has 0 aliphatic carbocycles. The van der Waals surface area contributed by atoms with Gasteiger partial charge in [-0.3, -0.25) is 9.69 Å². The van der Waals surface area contributed by atoms with Gasteiger partial charge in [0.2, 0.25) is 5.91 Å². The molecule has 0 radical (unpaired) electrons. The molecule has 2 atom stereocenters. The lowest BCUT2D eigenvalue weighted by molar-refractivity contribution is -0.135. The van der Waals surface area contributed by atoms with Gasteiger partial charge in [-0.2, -0.15) is 0 Å². The van der Waals surface area contributed by atoms with E-state index >= 15 is 0 Å². The molecule has 33 heavy (non-hydrogen) atoms. The Balaban J connectivity index is 1.51. The Labute approximate surface area is 198 Å². The third-order valence-electron chi connectivity index (χ3n) is 7.24. The van der Waals surface area contributed by atoms with E-state index < -0.39 is 0 Å². The van der Waals surface area contributed by atoms with Gasteiger partial charge in [-0.25, -0.2) is 0 Å². The van der Waals surface area contributed by atoms with Crippen molar-refractivity contribution in [3.05, 3.63) is 53.9 Å². The Kier molecular flexibility index (Phi) is 8.10. The molecule has 0 saturated carbocycles. The number of rotatable bonds is 10. The number of nitrogens with one attached hydrogen (secondary N) is 1. The summed E-state index contributed by atoms with van der Waals surface area (Å²) in [6.45, 7) is 11.9. The first-order chi connectivity index (χ1) is 16.0. The van der Waals surface area contributed by atoms with Gasteiger partial charge < -0.3 is 19.5 Å². The topological polar surface area (TPSA) is 51.8 Å². The number of aromatic amines is 1. The lowest BCUT2D eigenvalue weighted by Gasteiger charge is -2.31. The van der Waals surface area contributed by atoms with Crippen molar-refractivity contribution < 1.29 is 9.53 Å². The number of aromatic nitrogens is 1. The van der Waals surface area contributed by atoms with E-state index in [1.165, 1.54) is 37.2 Å². The molecular formula is C27H40N4O2. The van der Waals surface area contributed by atoms with E-state index in [9.17, 15) is 4.79 Å². The quantitative estimate of drug-likeness (QED) is 0.596. The minimum Gasteiger partial charge on any atom is -0.497 e. The number of likely N-dealkylation sites (tertiary alicyclic amines) is 2. The Morgan fingerprint density at radius 1 is 1.15 bits per heavy atom. The maximum absolute atomic E-state index is 13.2. The van der Waals surface area contributed by atoms with Crippen LogP contribution in [0, 0.1) is 11.8 Å². The average Bonchev–Trinajstić information content (AvgIpc) is 3.59. The highest BCUT2D eigenvalue weighted by atomic mass is 16.5. The molecule has 3 heterocycles. The second kappa shape index (κ2) is 11.2. The highest BCUT2D eigenvalue weighted by Gasteiger charge is 2.36. The summed E-state index contributed by atoms with van der Waals surface area (Å²) >= 11 is 0. The predicted molar refractivity (Wildman–Crippen MR) is 132 cm³/mol. The molecule has 6 nitrogen and oxygen atoms in total. The van der Waals surface area contributed by atoms with Crippen molar-refractivity contribution >= 4 is 5.91 Å². The van der Waals surface area contributed by atoms with E-state index in [4.69, 9.17) is 4.74 Å². The molecule has 2 aromatic rings. The average molecular weight is 453 g/mol. The maximum Gasteiger partial charge on any atom is 0.225 e. The molecule has 1 aromatic carbocycles. The fourth-order valence-corrected chi connectivity index (χ4v) is 5.44. The summed E-state index contributed by atoms with van der Waals surface area (Å²) in [6, 6.07) is 12.7. The molecule has 180 valence electrons. The van der Waals surface area contributed by atoms with Crippen LogP contribution in [0.25, 0.3) is 0 Å². The molecule has 0 unspecified atom stereocenters. The summed E-state index contributed by atoms with van der Waals surface area (Å²) in [6.07, 6.45) is 4.56. The van der Waals surface area contributed by atoms with Crippen molar-refractivity contribution in [3.8, 4) is 5.75 Å². The van der Waals surface area contributed by atoms with Crippen LogP contribution in [0.15, 0.2) is 42.6 Å². The molecule has 1 amide bonds. The van der Waals surface area contributed by atoms with Crippen molar-refractivity contribution in [1.82, 2.24) is 19.7 Å². The van der Waals surface area contributed by atoms with Gasteiger partial charge in [0.1, 0.15) is 5.75 Å². The van der Waals surface area contributed by atoms with Crippen LogP contribution in [-0.2, 0) is 11.3 Å². The standard InChI is InChI=1S/C27H40N4O2/c1-21(2)27(32)31(15-14-29-12-4-5-13-29)18-23-17-30(19-24-9-7-11-28-24)20-26(23)22-8-6-10-25(16-22)33-3/h6-11,16,21,23,26,28H,4-5,12-15,17-20H2,1-3H3/t23-,26-/m0/s1. The Bertz CT molecular complexity index is 876. The number of ether oxygens (including phenoxy) is 1. The number of methoxy groups -OCH3 is 1. The minimum absolute atomic E-state index is 0.0234. The number of nitrogens with zero attached hydrogens (tertiary/aromatic N) is 3. The maximum atomic E-state index is 13.2. The van der Waals surface area contributed by atoms with Gasteiger partial charge in [0, 0.05) is 63.0 Å². The van der Waals surface area contributed by atoms with Crippen molar-refractivity contribution in [2.24, 2.45) is 11.8 Å². The number of benzene rings is 1. The third-order valence-corrected chi connectivity index (χ3v) is 7.24. The molecule has 2 fully saturated rings. The number of H-pyrrole nitrogens is 1. The number of hydrogen-bond donors (Lipinski definition) is 1. The summed E-state index contributed by atoms with van der Waals surface area (Å²) in [4.78, 5) is 23.7. The summed E-state index contributed by atoms with van der Waals surface area (Å²) in [5, 5.41) is 0. The van der Waals surface area contributed by atoms with Crippen LogP contribution in [0.1, 0.15) is 43.9 Å². The predicted octanol–water partition coefficient (Wildman–Crippen LogP) is 3.82. The monoisotopic (exact) mass is 452 g/mol. The smallest absolute Gasteiger partial charge is 0.225 e. The Morgan fingerprint density at radius 3 is 2.67 bits per heavy atom. The second-order valence-electron chi connectivity index (χ2n) is 10.0. The molecule has 4 rings (SSSR count). The molecule has 1 aromatic heterocycles. The highest BCUT2D eigenvalue weighted by Crippen LogP contribution is 2.35.